The molecule has 1 aromatic rings. The number of Topliss-reactive ketones (excluding diaryl/α,β-unsaturated/α-hetero) is 1. The fourth-order valence-corrected chi connectivity index (χ4v) is 2.97. The van der Waals surface area contributed by atoms with Gasteiger partial charge in [0.2, 0.25) is 0 Å². The van der Waals surface area contributed by atoms with E-state index in [1.165, 1.54) is 44.2 Å². The molecule has 2 N–H and O–H groups in total. The summed E-state index contributed by atoms with van der Waals surface area (Å²) in [7, 11) is 0. The maximum Gasteiger partial charge on any atom is 0.170 e. The van der Waals surface area contributed by atoms with Crippen LogP contribution in [0.2, 0.25) is 0 Å². The van der Waals surface area contributed by atoms with Gasteiger partial charge in [-0.3, -0.25) is 4.79 Å². The Kier molecular flexibility index (Phi) is 4.46. The largest absolute Gasteiger partial charge is 0.507 e. The molecule has 0 spiro atoms. The summed E-state index contributed by atoms with van der Waals surface area (Å²) in [6.07, 6.45) is 7.53. The van der Waals surface area contributed by atoms with Gasteiger partial charge in [-0.05, 0) is 37.0 Å². The van der Waals surface area contributed by atoms with E-state index in [1.54, 1.807) is 6.92 Å². The van der Waals surface area contributed by atoms with Gasteiger partial charge in [-0.25, -0.2) is 0 Å². The summed E-state index contributed by atoms with van der Waals surface area (Å²) in [5, 5.41) is 19.6. The minimum Gasteiger partial charge on any atom is -0.507 e. The molecule has 1 aliphatic carbocycles. The van der Waals surface area contributed by atoms with Gasteiger partial charge in [0.15, 0.2) is 5.78 Å². The number of aromatic hydroxyl groups is 2. The molecule has 1 aromatic carbocycles. The van der Waals surface area contributed by atoms with E-state index in [9.17, 15) is 15.0 Å². The Balaban J connectivity index is 1.99. The molecule has 3 nitrogen and oxygen atoms in total. The van der Waals surface area contributed by atoms with E-state index >= 15 is 0 Å². The van der Waals surface area contributed by atoms with E-state index in [-0.39, 0.29) is 22.8 Å². The van der Waals surface area contributed by atoms with Crippen molar-refractivity contribution in [1.29, 1.82) is 0 Å². The maximum absolute atomic E-state index is 12.1. The average molecular weight is 262 g/mol. The fourth-order valence-electron chi connectivity index (χ4n) is 2.97. The van der Waals surface area contributed by atoms with E-state index in [1.807, 2.05) is 0 Å². The molecular formula is C16H22O3. The molecule has 1 saturated carbocycles. The summed E-state index contributed by atoms with van der Waals surface area (Å²) < 4.78 is 0. The Morgan fingerprint density at radius 2 is 1.74 bits per heavy atom. The standard InChI is InChI=1S/C16H22O3/c1-11-9-14(18)16(15(19)10-11)13(17)8-7-12-5-3-2-4-6-12/h9-10,12,18-19H,2-8H2,1H3. The third kappa shape index (κ3) is 3.49. The lowest BCUT2D eigenvalue weighted by molar-refractivity contribution is 0.0965. The zero-order chi connectivity index (χ0) is 13.8. The highest BCUT2D eigenvalue weighted by atomic mass is 16.3. The van der Waals surface area contributed by atoms with Crippen LogP contribution in [0.15, 0.2) is 12.1 Å². The lowest BCUT2D eigenvalue weighted by Gasteiger charge is -2.21. The summed E-state index contributed by atoms with van der Waals surface area (Å²) in [5.41, 5.74) is 0.834. The summed E-state index contributed by atoms with van der Waals surface area (Å²) in [5.74, 6) is 0.269. The minimum atomic E-state index is -0.152. The lowest BCUT2D eigenvalue weighted by atomic mass is 9.85. The number of ketones is 1. The van der Waals surface area contributed by atoms with Crippen molar-refractivity contribution in [2.45, 2.75) is 51.9 Å². The van der Waals surface area contributed by atoms with Crippen molar-refractivity contribution in [3.63, 3.8) is 0 Å². The Bertz CT molecular complexity index is 436. The first-order valence-corrected chi connectivity index (χ1v) is 7.13. The minimum absolute atomic E-state index is 0.0846. The molecule has 1 aliphatic rings. The SMILES string of the molecule is Cc1cc(O)c(C(=O)CCC2CCCCC2)c(O)c1. The van der Waals surface area contributed by atoms with Gasteiger partial charge in [0.1, 0.15) is 17.1 Å². The summed E-state index contributed by atoms with van der Waals surface area (Å²) >= 11 is 0. The van der Waals surface area contributed by atoms with Gasteiger partial charge in [0, 0.05) is 6.42 Å². The first-order chi connectivity index (χ1) is 9.08. The van der Waals surface area contributed by atoms with Gasteiger partial charge in [0.25, 0.3) is 0 Å². The average Bonchev–Trinajstić information content (AvgIpc) is 2.36. The number of aryl methyl sites for hydroxylation is 1. The van der Waals surface area contributed by atoms with Crippen LogP contribution in [0, 0.1) is 12.8 Å². The van der Waals surface area contributed by atoms with Crippen LogP contribution in [0.5, 0.6) is 11.5 Å². The molecule has 2 rings (SSSR count). The van der Waals surface area contributed by atoms with E-state index in [2.05, 4.69) is 0 Å². The van der Waals surface area contributed by atoms with Gasteiger partial charge in [-0.1, -0.05) is 32.1 Å². The third-order valence-electron chi connectivity index (χ3n) is 4.02. The van der Waals surface area contributed by atoms with Gasteiger partial charge in [-0.2, -0.15) is 0 Å². The number of phenols is 2. The molecule has 0 aliphatic heterocycles. The van der Waals surface area contributed by atoms with Crippen molar-refractivity contribution in [2.24, 2.45) is 5.92 Å². The Hall–Kier alpha value is -1.51. The molecule has 0 saturated heterocycles. The molecule has 0 aromatic heterocycles. The van der Waals surface area contributed by atoms with Gasteiger partial charge < -0.3 is 10.2 Å². The molecular weight excluding hydrogens is 240 g/mol. The van der Waals surface area contributed by atoms with Crippen LogP contribution in [-0.4, -0.2) is 16.0 Å². The van der Waals surface area contributed by atoms with Crippen LogP contribution in [0.4, 0.5) is 0 Å². The van der Waals surface area contributed by atoms with Crippen LogP contribution in [-0.2, 0) is 0 Å². The molecule has 0 amide bonds. The molecule has 19 heavy (non-hydrogen) atoms. The monoisotopic (exact) mass is 262 g/mol. The molecule has 1 fully saturated rings. The van der Waals surface area contributed by atoms with Crippen molar-refractivity contribution in [2.75, 3.05) is 0 Å². The first kappa shape index (κ1) is 13.9. The molecule has 0 atom stereocenters. The highest BCUT2D eigenvalue weighted by Gasteiger charge is 2.19. The van der Waals surface area contributed by atoms with Crippen molar-refractivity contribution < 1.29 is 15.0 Å². The first-order valence-electron chi connectivity index (χ1n) is 7.13. The normalized spacial score (nSPS) is 16.5. The topological polar surface area (TPSA) is 57.5 Å². The zero-order valence-corrected chi connectivity index (χ0v) is 11.5. The van der Waals surface area contributed by atoms with Crippen molar-refractivity contribution in [3.8, 4) is 11.5 Å². The number of benzene rings is 1. The summed E-state index contributed by atoms with van der Waals surface area (Å²) in [6.45, 7) is 1.77. The number of carbonyl (C=O) groups excluding carboxylic acids is 1. The van der Waals surface area contributed by atoms with E-state index in [0.29, 0.717) is 12.3 Å². The third-order valence-corrected chi connectivity index (χ3v) is 4.02. The molecule has 0 unspecified atom stereocenters. The summed E-state index contributed by atoms with van der Waals surface area (Å²) in [6, 6.07) is 3.04. The predicted octanol–water partition coefficient (Wildman–Crippen LogP) is 3.95. The maximum atomic E-state index is 12.1. The fraction of sp³-hybridized carbons (Fsp3) is 0.562. The van der Waals surface area contributed by atoms with Gasteiger partial charge in [-0.15, -0.1) is 0 Å². The molecule has 104 valence electrons. The second kappa shape index (κ2) is 6.09. The van der Waals surface area contributed by atoms with Gasteiger partial charge >= 0.3 is 0 Å². The van der Waals surface area contributed by atoms with E-state index in [4.69, 9.17) is 0 Å². The Labute approximate surface area is 114 Å². The van der Waals surface area contributed by atoms with E-state index < -0.39 is 0 Å². The van der Waals surface area contributed by atoms with Crippen LogP contribution < -0.4 is 0 Å². The molecule has 3 heteroatoms. The smallest absolute Gasteiger partial charge is 0.170 e. The number of phenolic OH excluding ortho intramolecular Hbond substituents is 2. The highest BCUT2D eigenvalue weighted by molar-refractivity contribution is 6.01. The molecule has 0 radical (unpaired) electrons. The van der Waals surface area contributed by atoms with Crippen molar-refractivity contribution in [3.05, 3.63) is 23.3 Å². The number of rotatable bonds is 4. The van der Waals surface area contributed by atoms with E-state index in [0.717, 1.165) is 12.0 Å². The molecule has 0 heterocycles. The number of hydrogen-bond acceptors (Lipinski definition) is 3. The van der Waals surface area contributed by atoms with Crippen molar-refractivity contribution >= 4 is 5.78 Å². The highest BCUT2D eigenvalue weighted by Crippen LogP contribution is 2.32. The number of carbonyl (C=O) groups is 1. The van der Waals surface area contributed by atoms with Crippen LogP contribution in [0.1, 0.15) is 60.9 Å². The van der Waals surface area contributed by atoms with Crippen molar-refractivity contribution in [1.82, 2.24) is 0 Å². The second-order valence-electron chi connectivity index (χ2n) is 5.64. The quantitative estimate of drug-likeness (QED) is 0.808. The number of hydrogen-bond donors (Lipinski definition) is 2. The summed E-state index contributed by atoms with van der Waals surface area (Å²) in [4.78, 5) is 12.1. The lowest BCUT2D eigenvalue weighted by Crippen LogP contribution is -2.09. The Morgan fingerprint density at radius 1 is 1.16 bits per heavy atom. The second-order valence-corrected chi connectivity index (χ2v) is 5.64. The van der Waals surface area contributed by atoms with Crippen LogP contribution in [0.25, 0.3) is 0 Å². The predicted molar refractivity (Wildman–Crippen MR) is 74.6 cm³/mol. The van der Waals surface area contributed by atoms with Crippen LogP contribution in [0.3, 0.4) is 0 Å². The zero-order valence-electron chi connectivity index (χ0n) is 11.5. The molecule has 0 bridgehead atoms. The van der Waals surface area contributed by atoms with Gasteiger partial charge in [0.05, 0.1) is 0 Å². The Morgan fingerprint density at radius 3 is 2.32 bits per heavy atom. The van der Waals surface area contributed by atoms with Crippen LogP contribution >= 0.6 is 0 Å².